The van der Waals surface area contributed by atoms with E-state index in [9.17, 15) is 4.79 Å². The number of nitrogens with two attached hydrogens (primary N) is 2. The Labute approximate surface area is 61.8 Å². The summed E-state index contributed by atoms with van der Waals surface area (Å²) in [6, 6.07) is 0. The van der Waals surface area contributed by atoms with Crippen LogP contribution < -0.4 is 11.5 Å². The summed E-state index contributed by atoms with van der Waals surface area (Å²) in [5, 5.41) is 0. The molecule has 10 heavy (non-hydrogen) atoms. The zero-order valence-corrected chi connectivity index (χ0v) is 6.47. The van der Waals surface area contributed by atoms with Gasteiger partial charge in [0.05, 0.1) is 0 Å². The van der Waals surface area contributed by atoms with E-state index in [0.29, 0.717) is 6.54 Å². The van der Waals surface area contributed by atoms with Crippen molar-refractivity contribution in [2.75, 3.05) is 6.54 Å². The normalized spacial score (nSPS) is 13.0. The first-order valence-corrected chi connectivity index (χ1v) is 3.68. The zero-order chi connectivity index (χ0) is 7.98. The van der Waals surface area contributed by atoms with Crippen molar-refractivity contribution in [3.63, 3.8) is 0 Å². The maximum absolute atomic E-state index is 10.5. The summed E-state index contributed by atoms with van der Waals surface area (Å²) in [5.74, 6) is -0.205. The lowest BCUT2D eigenvalue weighted by Gasteiger charge is -2.04. The quantitative estimate of drug-likeness (QED) is 0.542. The van der Waals surface area contributed by atoms with Gasteiger partial charge in [0.1, 0.15) is 0 Å². The molecule has 0 saturated heterocycles. The van der Waals surface area contributed by atoms with Gasteiger partial charge < -0.3 is 11.5 Å². The second kappa shape index (κ2) is 5.23. The third-order valence-corrected chi connectivity index (χ3v) is 1.58. The SMILES string of the molecule is C[C@@H](CCCCN)C(N)=O. The lowest BCUT2D eigenvalue weighted by atomic mass is 10.0. The predicted molar refractivity (Wildman–Crippen MR) is 41.3 cm³/mol. The Hall–Kier alpha value is -0.570. The van der Waals surface area contributed by atoms with E-state index in [-0.39, 0.29) is 11.8 Å². The summed E-state index contributed by atoms with van der Waals surface area (Å²) in [6.07, 6.45) is 2.85. The summed E-state index contributed by atoms with van der Waals surface area (Å²) in [5.41, 5.74) is 10.3. The molecule has 0 saturated carbocycles. The first-order chi connectivity index (χ1) is 4.68. The minimum Gasteiger partial charge on any atom is -0.369 e. The van der Waals surface area contributed by atoms with Gasteiger partial charge in [-0.1, -0.05) is 13.3 Å². The Bertz CT molecular complexity index is 104. The highest BCUT2D eigenvalue weighted by Gasteiger charge is 2.06. The Morgan fingerprint density at radius 3 is 2.50 bits per heavy atom. The molecule has 0 aromatic carbocycles. The van der Waals surface area contributed by atoms with Crippen molar-refractivity contribution >= 4 is 5.91 Å². The number of hydrogen-bond acceptors (Lipinski definition) is 2. The van der Waals surface area contributed by atoms with Gasteiger partial charge in [-0.3, -0.25) is 4.79 Å². The molecule has 1 atom stereocenters. The third kappa shape index (κ3) is 4.32. The number of primary amides is 1. The van der Waals surface area contributed by atoms with Gasteiger partial charge in [-0.05, 0) is 19.4 Å². The molecule has 0 aliphatic rings. The number of hydrogen-bond donors (Lipinski definition) is 2. The molecule has 0 heterocycles. The van der Waals surface area contributed by atoms with Gasteiger partial charge in [0.2, 0.25) is 5.91 Å². The molecule has 1 amide bonds. The van der Waals surface area contributed by atoms with Gasteiger partial charge in [-0.2, -0.15) is 0 Å². The Balaban J connectivity index is 3.21. The molecule has 0 spiro atoms. The van der Waals surface area contributed by atoms with E-state index in [2.05, 4.69) is 0 Å². The van der Waals surface area contributed by atoms with Crippen LogP contribution in [0.5, 0.6) is 0 Å². The Morgan fingerprint density at radius 2 is 2.10 bits per heavy atom. The van der Waals surface area contributed by atoms with Gasteiger partial charge in [-0.15, -0.1) is 0 Å². The molecule has 4 N–H and O–H groups in total. The second-order valence-corrected chi connectivity index (χ2v) is 2.59. The summed E-state index contributed by atoms with van der Waals surface area (Å²) in [6.45, 7) is 2.55. The molecule has 3 nitrogen and oxygen atoms in total. The predicted octanol–water partition coefficient (Wildman–Crippen LogP) is 0.237. The smallest absolute Gasteiger partial charge is 0.220 e. The van der Waals surface area contributed by atoms with Crippen LogP contribution >= 0.6 is 0 Å². The number of carbonyl (C=O) groups is 1. The molecule has 0 radical (unpaired) electrons. The summed E-state index contributed by atoms with van der Waals surface area (Å²) in [4.78, 5) is 10.5. The monoisotopic (exact) mass is 144 g/mol. The summed E-state index contributed by atoms with van der Waals surface area (Å²) < 4.78 is 0. The lowest BCUT2D eigenvalue weighted by molar-refractivity contribution is -0.121. The molecular weight excluding hydrogens is 128 g/mol. The fourth-order valence-corrected chi connectivity index (χ4v) is 0.737. The molecule has 0 fully saturated rings. The van der Waals surface area contributed by atoms with E-state index in [1.54, 1.807) is 0 Å². The molecule has 0 aliphatic heterocycles. The average Bonchev–Trinajstić information content (AvgIpc) is 1.88. The molecule has 60 valence electrons. The van der Waals surface area contributed by atoms with E-state index < -0.39 is 0 Å². The van der Waals surface area contributed by atoms with Crippen LogP contribution in [0.2, 0.25) is 0 Å². The first-order valence-electron chi connectivity index (χ1n) is 3.68. The number of carbonyl (C=O) groups excluding carboxylic acids is 1. The van der Waals surface area contributed by atoms with Gasteiger partial charge in [-0.25, -0.2) is 0 Å². The van der Waals surface area contributed by atoms with E-state index in [1.807, 2.05) is 6.92 Å². The van der Waals surface area contributed by atoms with Crippen LogP contribution in [0.25, 0.3) is 0 Å². The third-order valence-electron chi connectivity index (χ3n) is 1.58. The van der Waals surface area contributed by atoms with Crippen molar-refractivity contribution in [3.8, 4) is 0 Å². The van der Waals surface area contributed by atoms with E-state index in [0.717, 1.165) is 19.3 Å². The largest absolute Gasteiger partial charge is 0.369 e. The fraction of sp³-hybridized carbons (Fsp3) is 0.857. The second-order valence-electron chi connectivity index (χ2n) is 2.59. The van der Waals surface area contributed by atoms with Crippen LogP contribution in [0.3, 0.4) is 0 Å². The minimum atomic E-state index is -0.211. The standard InChI is InChI=1S/C7H16N2O/c1-6(7(9)10)4-2-3-5-8/h6H,2-5,8H2,1H3,(H2,9,10)/t6-/m0/s1. The van der Waals surface area contributed by atoms with Crippen LogP contribution in [-0.2, 0) is 4.79 Å². The number of rotatable bonds is 5. The van der Waals surface area contributed by atoms with Crippen LogP contribution in [0.15, 0.2) is 0 Å². The topological polar surface area (TPSA) is 69.1 Å². The van der Waals surface area contributed by atoms with Gasteiger partial charge in [0, 0.05) is 5.92 Å². The molecule has 0 aromatic rings. The zero-order valence-electron chi connectivity index (χ0n) is 6.47. The highest BCUT2D eigenvalue weighted by molar-refractivity contribution is 5.76. The van der Waals surface area contributed by atoms with Crippen molar-refractivity contribution in [1.82, 2.24) is 0 Å². The Kier molecular flexibility index (Phi) is 4.94. The van der Waals surface area contributed by atoms with Crippen molar-refractivity contribution in [3.05, 3.63) is 0 Å². The van der Waals surface area contributed by atoms with E-state index in [1.165, 1.54) is 0 Å². The minimum absolute atomic E-state index is 0.00606. The van der Waals surface area contributed by atoms with Gasteiger partial charge >= 0.3 is 0 Å². The molecule has 3 heteroatoms. The van der Waals surface area contributed by atoms with E-state index in [4.69, 9.17) is 11.5 Å². The summed E-state index contributed by atoms with van der Waals surface area (Å²) >= 11 is 0. The number of amides is 1. The van der Waals surface area contributed by atoms with Crippen LogP contribution in [0.1, 0.15) is 26.2 Å². The molecule has 0 aromatic heterocycles. The van der Waals surface area contributed by atoms with Crippen molar-refractivity contribution in [2.24, 2.45) is 17.4 Å². The maximum atomic E-state index is 10.5. The summed E-state index contributed by atoms with van der Waals surface area (Å²) in [7, 11) is 0. The van der Waals surface area contributed by atoms with Crippen LogP contribution in [-0.4, -0.2) is 12.5 Å². The first kappa shape index (κ1) is 9.43. The molecular formula is C7H16N2O. The maximum Gasteiger partial charge on any atom is 0.220 e. The van der Waals surface area contributed by atoms with Crippen molar-refractivity contribution < 1.29 is 4.79 Å². The average molecular weight is 144 g/mol. The molecule has 0 rings (SSSR count). The molecule has 0 bridgehead atoms. The van der Waals surface area contributed by atoms with E-state index >= 15 is 0 Å². The molecule has 0 unspecified atom stereocenters. The van der Waals surface area contributed by atoms with Gasteiger partial charge in [0.15, 0.2) is 0 Å². The van der Waals surface area contributed by atoms with Crippen molar-refractivity contribution in [2.45, 2.75) is 26.2 Å². The molecule has 0 aliphatic carbocycles. The van der Waals surface area contributed by atoms with Crippen LogP contribution in [0, 0.1) is 5.92 Å². The van der Waals surface area contributed by atoms with Crippen LogP contribution in [0.4, 0.5) is 0 Å². The van der Waals surface area contributed by atoms with Crippen molar-refractivity contribution in [1.29, 1.82) is 0 Å². The highest BCUT2D eigenvalue weighted by Crippen LogP contribution is 2.05. The lowest BCUT2D eigenvalue weighted by Crippen LogP contribution is -2.20. The number of unbranched alkanes of at least 4 members (excludes halogenated alkanes) is 1. The van der Waals surface area contributed by atoms with Gasteiger partial charge in [0.25, 0.3) is 0 Å². The fourth-order valence-electron chi connectivity index (χ4n) is 0.737. The highest BCUT2D eigenvalue weighted by atomic mass is 16.1. The Morgan fingerprint density at radius 1 is 1.50 bits per heavy atom.